The van der Waals surface area contributed by atoms with Gasteiger partial charge in [0, 0.05) is 42.7 Å². The van der Waals surface area contributed by atoms with Gasteiger partial charge in [0.25, 0.3) is 0 Å². The lowest BCUT2D eigenvalue weighted by Crippen LogP contribution is -2.45. The van der Waals surface area contributed by atoms with Crippen LogP contribution in [0.5, 0.6) is 0 Å². The number of nitrogens with zero attached hydrogens (tertiary/aromatic N) is 4. The summed E-state index contributed by atoms with van der Waals surface area (Å²) in [7, 11) is 0. The number of aromatic carboxylic acids is 1. The molecule has 0 radical (unpaired) electrons. The van der Waals surface area contributed by atoms with E-state index in [4.69, 9.17) is 5.11 Å². The van der Waals surface area contributed by atoms with E-state index in [-0.39, 0.29) is 16.9 Å². The van der Waals surface area contributed by atoms with Crippen molar-refractivity contribution in [3.05, 3.63) is 42.1 Å². The van der Waals surface area contributed by atoms with Gasteiger partial charge in [-0.25, -0.2) is 4.79 Å². The van der Waals surface area contributed by atoms with Crippen LogP contribution >= 0.6 is 0 Å². The van der Waals surface area contributed by atoms with E-state index in [1.54, 1.807) is 18.6 Å². The third kappa shape index (κ3) is 4.71. The molecule has 1 N–H and O–H groups in total. The van der Waals surface area contributed by atoms with Gasteiger partial charge in [-0.05, 0) is 31.2 Å². The summed E-state index contributed by atoms with van der Waals surface area (Å²) in [4.78, 5) is 38.5. The molecule has 2 aromatic heterocycles. The van der Waals surface area contributed by atoms with Crippen molar-refractivity contribution in [2.75, 3.05) is 13.1 Å². The first kappa shape index (κ1) is 19.9. The third-order valence-corrected chi connectivity index (χ3v) is 4.93. The molecule has 0 bridgehead atoms. The first-order valence-corrected chi connectivity index (χ1v) is 9.53. The lowest BCUT2D eigenvalue weighted by molar-refractivity contribution is -0.141. The molecule has 0 spiro atoms. The van der Waals surface area contributed by atoms with Gasteiger partial charge >= 0.3 is 5.97 Å². The average Bonchev–Trinajstić information content (AvgIpc) is 2.67. The number of aromatic nitrogens is 3. The Labute approximate surface area is 164 Å². The summed E-state index contributed by atoms with van der Waals surface area (Å²) in [6, 6.07) is 1.54. The number of carboxylic acid groups (broad SMARTS) is 1. The molecule has 0 aliphatic carbocycles. The highest BCUT2D eigenvalue weighted by Crippen LogP contribution is 2.25. The second-order valence-electron chi connectivity index (χ2n) is 8.37. The maximum atomic E-state index is 12.5. The van der Waals surface area contributed by atoms with Crippen molar-refractivity contribution in [2.24, 2.45) is 11.3 Å². The Morgan fingerprint density at radius 1 is 1.18 bits per heavy atom. The van der Waals surface area contributed by atoms with Gasteiger partial charge in [-0.3, -0.25) is 19.7 Å². The second kappa shape index (κ2) is 8.04. The summed E-state index contributed by atoms with van der Waals surface area (Å²) in [6.45, 7) is 7.44. The summed E-state index contributed by atoms with van der Waals surface area (Å²) in [6.07, 6.45) is 9.11. The maximum Gasteiger partial charge on any atom is 0.337 e. The summed E-state index contributed by atoms with van der Waals surface area (Å²) >= 11 is 0. The van der Waals surface area contributed by atoms with E-state index in [9.17, 15) is 9.59 Å². The zero-order chi connectivity index (χ0) is 20.3. The molecule has 1 atom stereocenters. The number of pyridine rings is 1. The number of amides is 1. The second-order valence-corrected chi connectivity index (χ2v) is 8.37. The first-order valence-electron chi connectivity index (χ1n) is 9.53. The molecule has 3 rings (SSSR count). The Morgan fingerprint density at radius 2 is 1.96 bits per heavy atom. The van der Waals surface area contributed by atoms with E-state index in [2.05, 4.69) is 15.0 Å². The van der Waals surface area contributed by atoms with Crippen LogP contribution in [0.2, 0.25) is 0 Å². The van der Waals surface area contributed by atoms with Crippen LogP contribution in [0.25, 0.3) is 11.3 Å². The minimum Gasteiger partial charge on any atom is -0.478 e. The van der Waals surface area contributed by atoms with Crippen molar-refractivity contribution in [1.29, 1.82) is 0 Å². The Balaban J connectivity index is 1.67. The van der Waals surface area contributed by atoms with Crippen molar-refractivity contribution in [3.63, 3.8) is 0 Å². The van der Waals surface area contributed by atoms with E-state index in [1.165, 1.54) is 12.3 Å². The SMILES string of the molecule is CC(C)(C)C(=O)N1CCC[C@H](Cc2cnc(-c3cncc(C(=O)O)c3)cn2)C1. The molecule has 1 aliphatic rings. The average molecular weight is 382 g/mol. The van der Waals surface area contributed by atoms with Gasteiger partial charge in [0.15, 0.2) is 0 Å². The molecule has 0 aromatic carbocycles. The van der Waals surface area contributed by atoms with E-state index in [0.29, 0.717) is 17.2 Å². The number of piperidine rings is 1. The van der Waals surface area contributed by atoms with Gasteiger partial charge in [0.05, 0.1) is 23.1 Å². The van der Waals surface area contributed by atoms with Gasteiger partial charge in [-0.2, -0.15) is 0 Å². The smallest absolute Gasteiger partial charge is 0.337 e. The summed E-state index contributed by atoms with van der Waals surface area (Å²) in [5.41, 5.74) is 1.85. The van der Waals surface area contributed by atoms with Gasteiger partial charge in [-0.1, -0.05) is 20.8 Å². The Morgan fingerprint density at radius 3 is 2.61 bits per heavy atom. The molecule has 2 aromatic rings. The van der Waals surface area contributed by atoms with Crippen molar-refractivity contribution >= 4 is 11.9 Å². The summed E-state index contributed by atoms with van der Waals surface area (Å²) < 4.78 is 0. The Hall–Kier alpha value is -2.83. The molecular formula is C21H26N4O3. The van der Waals surface area contributed by atoms with E-state index in [1.807, 2.05) is 25.7 Å². The fourth-order valence-corrected chi connectivity index (χ4v) is 3.49. The Kier molecular flexibility index (Phi) is 5.72. The van der Waals surface area contributed by atoms with Gasteiger partial charge < -0.3 is 10.0 Å². The van der Waals surface area contributed by atoms with Crippen LogP contribution in [-0.4, -0.2) is 49.9 Å². The minimum absolute atomic E-state index is 0.120. The molecule has 1 fully saturated rings. The number of hydrogen-bond acceptors (Lipinski definition) is 5. The predicted molar refractivity (Wildman–Crippen MR) is 105 cm³/mol. The highest BCUT2D eigenvalue weighted by atomic mass is 16.4. The standard InChI is InChI=1S/C21H26N4O3/c1-21(2,3)20(28)25-6-4-5-14(13-25)7-17-11-24-18(12-23-17)15-8-16(19(26)27)10-22-9-15/h8-12,14H,4-7,13H2,1-3H3,(H,26,27)/t14-/m1/s1. The molecule has 3 heterocycles. The molecule has 1 aliphatic heterocycles. The molecule has 0 saturated carbocycles. The van der Waals surface area contributed by atoms with E-state index in [0.717, 1.165) is 38.0 Å². The highest BCUT2D eigenvalue weighted by molar-refractivity contribution is 5.88. The predicted octanol–water partition coefficient (Wildman–Crippen LogP) is 3.06. The fourth-order valence-electron chi connectivity index (χ4n) is 3.49. The van der Waals surface area contributed by atoms with Crippen LogP contribution in [0, 0.1) is 11.3 Å². The van der Waals surface area contributed by atoms with Crippen molar-refractivity contribution in [1.82, 2.24) is 19.9 Å². The van der Waals surface area contributed by atoms with Crippen molar-refractivity contribution in [2.45, 2.75) is 40.0 Å². The lowest BCUT2D eigenvalue weighted by atomic mass is 9.89. The molecule has 148 valence electrons. The topological polar surface area (TPSA) is 96.3 Å². The summed E-state index contributed by atoms with van der Waals surface area (Å²) in [5, 5.41) is 9.09. The number of carboxylic acids is 1. The van der Waals surface area contributed by atoms with Crippen LogP contribution in [0.15, 0.2) is 30.9 Å². The van der Waals surface area contributed by atoms with Crippen LogP contribution in [0.1, 0.15) is 49.7 Å². The van der Waals surface area contributed by atoms with Crippen molar-refractivity contribution < 1.29 is 14.7 Å². The van der Waals surface area contributed by atoms with Gasteiger partial charge in [0.2, 0.25) is 5.91 Å². The number of carbonyl (C=O) groups is 2. The maximum absolute atomic E-state index is 12.5. The lowest BCUT2D eigenvalue weighted by Gasteiger charge is -2.36. The van der Waals surface area contributed by atoms with E-state index >= 15 is 0 Å². The molecule has 7 nitrogen and oxygen atoms in total. The molecule has 28 heavy (non-hydrogen) atoms. The minimum atomic E-state index is -1.02. The number of hydrogen-bond donors (Lipinski definition) is 1. The third-order valence-electron chi connectivity index (χ3n) is 4.93. The zero-order valence-electron chi connectivity index (χ0n) is 16.6. The fraction of sp³-hybridized carbons (Fsp3) is 0.476. The van der Waals surface area contributed by atoms with Crippen LogP contribution in [0.4, 0.5) is 0 Å². The molecule has 1 amide bonds. The number of rotatable bonds is 4. The quantitative estimate of drug-likeness (QED) is 0.873. The van der Waals surface area contributed by atoms with Gasteiger partial charge in [0.1, 0.15) is 0 Å². The highest BCUT2D eigenvalue weighted by Gasteiger charge is 2.31. The normalized spacial score (nSPS) is 17.4. The number of likely N-dealkylation sites (tertiary alicyclic amines) is 1. The molecular weight excluding hydrogens is 356 g/mol. The van der Waals surface area contributed by atoms with Crippen LogP contribution in [-0.2, 0) is 11.2 Å². The van der Waals surface area contributed by atoms with Crippen LogP contribution in [0.3, 0.4) is 0 Å². The van der Waals surface area contributed by atoms with Crippen LogP contribution < -0.4 is 0 Å². The van der Waals surface area contributed by atoms with E-state index < -0.39 is 5.97 Å². The zero-order valence-corrected chi connectivity index (χ0v) is 16.6. The van der Waals surface area contributed by atoms with Gasteiger partial charge in [-0.15, -0.1) is 0 Å². The summed E-state index contributed by atoms with van der Waals surface area (Å²) in [5.74, 6) is -0.452. The largest absolute Gasteiger partial charge is 0.478 e. The molecule has 1 saturated heterocycles. The monoisotopic (exact) mass is 382 g/mol. The first-order chi connectivity index (χ1) is 13.2. The molecule has 7 heteroatoms. The molecule has 0 unspecified atom stereocenters. The number of carbonyl (C=O) groups excluding carboxylic acids is 1. The van der Waals surface area contributed by atoms with Crippen molar-refractivity contribution in [3.8, 4) is 11.3 Å². The Bertz CT molecular complexity index is 859.